The highest BCUT2D eigenvalue weighted by Crippen LogP contribution is 2.20. The maximum atomic E-state index is 5.77. The summed E-state index contributed by atoms with van der Waals surface area (Å²) in [4.78, 5) is 11.0. The summed E-state index contributed by atoms with van der Waals surface area (Å²) < 4.78 is 5.39. The molecule has 0 aromatic carbocycles. The summed E-state index contributed by atoms with van der Waals surface area (Å²) in [5.41, 5.74) is 2.39. The molecule has 4 nitrogen and oxygen atoms in total. The maximum Gasteiger partial charge on any atom is 0.193 e. The first-order chi connectivity index (χ1) is 8.70. The fourth-order valence-corrected chi connectivity index (χ4v) is 2.43. The molecule has 2 aromatic rings. The number of hydrogen-bond donors (Lipinski definition) is 0. The molecule has 5 heteroatoms. The van der Waals surface area contributed by atoms with E-state index in [1.807, 2.05) is 19.2 Å². The number of rotatable bonds is 2. The summed E-state index contributed by atoms with van der Waals surface area (Å²) in [7, 11) is 0. The molecule has 0 radical (unpaired) electrons. The van der Waals surface area contributed by atoms with E-state index in [0.29, 0.717) is 5.22 Å². The monoisotopic (exact) mass is 263 g/mol. The van der Waals surface area contributed by atoms with Crippen LogP contribution in [0.3, 0.4) is 0 Å². The van der Waals surface area contributed by atoms with Gasteiger partial charge in [-0.1, -0.05) is 0 Å². The van der Waals surface area contributed by atoms with Crippen LogP contribution in [0.5, 0.6) is 0 Å². The van der Waals surface area contributed by atoms with Crippen molar-refractivity contribution in [3.8, 4) is 0 Å². The van der Waals surface area contributed by atoms with Gasteiger partial charge in [0, 0.05) is 37.0 Å². The molecule has 0 spiro atoms. The Morgan fingerprint density at radius 3 is 3.11 bits per heavy atom. The molecular formula is C13H14ClN3O. The molecule has 2 aromatic heterocycles. The number of aryl methyl sites for hydroxylation is 1. The summed E-state index contributed by atoms with van der Waals surface area (Å²) in [5.74, 6) is 1.75. The van der Waals surface area contributed by atoms with Crippen molar-refractivity contribution in [1.29, 1.82) is 0 Å². The van der Waals surface area contributed by atoms with Crippen LogP contribution in [0.25, 0.3) is 0 Å². The Hall–Kier alpha value is -1.39. The highest BCUT2D eigenvalue weighted by Gasteiger charge is 2.18. The lowest BCUT2D eigenvalue weighted by Crippen LogP contribution is -2.30. The van der Waals surface area contributed by atoms with E-state index in [4.69, 9.17) is 16.0 Å². The number of halogens is 1. The molecule has 3 heterocycles. The summed E-state index contributed by atoms with van der Waals surface area (Å²) >= 11 is 5.77. The lowest BCUT2D eigenvalue weighted by atomic mass is 10.1. The molecule has 0 fully saturated rings. The predicted molar refractivity (Wildman–Crippen MR) is 68.3 cm³/mol. The third-order valence-corrected chi connectivity index (χ3v) is 3.34. The Morgan fingerprint density at radius 2 is 2.33 bits per heavy atom. The first-order valence-corrected chi connectivity index (χ1v) is 6.36. The molecule has 0 amide bonds. The Kier molecular flexibility index (Phi) is 3.06. The van der Waals surface area contributed by atoms with Crippen molar-refractivity contribution in [2.24, 2.45) is 0 Å². The van der Waals surface area contributed by atoms with Crippen LogP contribution in [0, 0.1) is 6.92 Å². The Morgan fingerprint density at radius 1 is 1.44 bits per heavy atom. The maximum absolute atomic E-state index is 5.77. The van der Waals surface area contributed by atoms with Crippen molar-refractivity contribution in [3.05, 3.63) is 46.4 Å². The topological polar surface area (TPSA) is 42.2 Å². The van der Waals surface area contributed by atoms with Crippen molar-refractivity contribution >= 4 is 11.6 Å². The van der Waals surface area contributed by atoms with Crippen LogP contribution >= 0.6 is 11.6 Å². The average molecular weight is 264 g/mol. The largest absolute Gasteiger partial charge is 0.448 e. The molecule has 0 atom stereocenters. The van der Waals surface area contributed by atoms with Gasteiger partial charge in [-0.15, -0.1) is 0 Å². The van der Waals surface area contributed by atoms with E-state index in [0.717, 1.165) is 37.6 Å². The molecule has 18 heavy (non-hydrogen) atoms. The zero-order valence-corrected chi connectivity index (χ0v) is 10.9. The van der Waals surface area contributed by atoms with Gasteiger partial charge < -0.3 is 4.42 Å². The SMILES string of the molecule is Cc1ncc2c(n1)CCN(Cc1ccc(Cl)o1)C2. The number of furan rings is 1. The van der Waals surface area contributed by atoms with E-state index < -0.39 is 0 Å². The second-order valence-electron chi connectivity index (χ2n) is 4.56. The average Bonchev–Trinajstić information content (AvgIpc) is 2.75. The van der Waals surface area contributed by atoms with Gasteiger partial charge in [-0.05, 0) is 30.7 Å². The van der Waals surface area contributed by atoms with E-state index in [2.05, 4.69) is 14.9 Å². The van der Waals surface area contributed by atoms with E-state index in [-0.39, 0.29) is 0 Å². The third kappa shape index (κ3) is 2.40. The Labute approximate surface area is 111 Å². The minimum Gasteiger partial charge on any atom is -0.448 e. The fourth-order valence-electron chi connectivity index (χ4n) is 2.27. The molecule has 0 saturated carbocycles. The summed E-state index contributed by atoms with van der Waals surface area (Å²) in [6, 6.07) is 3.70. The molecule has 0 unspecified atom stereocenters. The van der Waals surface area contributed by atoms with Crippen LogP contribution < -0.4 is 0 Å². The van der Waals surface area contributed by atoms with Crippen molar-refractivity contribution in [2.45, 2.75) is 26.4 Å². The molecular weight excluding hydrogens is 250 g/mol. The minimum atomic E-state index is 0.446. The number of hydrogen-bond acceptors (Lipinski definition) is 4. The quantitative estimate of drug-likeness (QED) is 0.835. The summed E-state index contributed by atoms with van der Waals surface area (Å²) in [6.07, 6.45) is 2.89. The van der Waals surface area contributed by atoms with Crippen LogP contribution in [0.15, 0.2) is 22.7 Å². The third-order valence-electron chi connectivity index (χ3n) is 3.14. The standard InChI is InChI=1S/C13H14ClN3O/c1-9-15-6-10-7-17(5-4-12(10)16-9)8-11-2-3-13(14)18-11/h2-3,6H,4-5,7-8H2,1H3. The van der Waals surface area contributed by atoms with Gasteiger partial charge in [0.25, 0.3) is 0 Å². The molecule has 0 saturated heterocycles. The van der Waals surface area contributed by atoms with E-state index >= 15 is 0 Å². The van der Waals surface area contributed by atoms with E-state index in [1.165, 1.54) is 11.3 Å². The van der Waals surface area contributed by atoms with Crippen LogP contribution in [-0.4, -0.2) is 21.4 Å². The fraction of sp³-hybridized carbons (Fsp3) is 0.385. The van der Waals surface area contributed by atoms with Crippen LogP contribution in [-0.2, 0) is 19.5 Å². The van der Waals surface area contributed by atoms with Gasteiger partial charge in [-0.25, -0.2) is 9.97 Å². The van der Waals surface area contributed by atoms with E-state index in [1.54, 1.807) is 6.07 Å². The first kappa shape index (κ1) is 11.7. The van der Waals surface area contributed by atoms with Crippen LogP contribution in [0.2, 0.25) is 5.22 Å². The highest BCUT2D eigenvalue weighted by molar-refractivity contribution is 6.28. The summed E-state index contributed by atoms with van der Waals surface area (Å²) in [6.45, 7) is 4.56. The van der Waals surface area contributed by atoms with E-state index in [9.17, 15) is 0 Å². The zero-order chi connectivity index (χ0) is 12.5. The molecule has 1 aliphatic rings. The number of aromatic nitrogens is 2. The molecule has 3 rings (SSSR count). The lowest BCUT2D eigenvalue weighted by Gasteiger charge is -2.26. The second-order valence-corrected chi connectivity index (χ2v) is 4.93. The van der Waals surface area contributed by atoms with Crippen molar-refractivity contribution in [2.75, 3.05) is 6.54 Å². The first-order valence-electron chi connectivity index (χ1n) is 5.98. The second kappa shape index (κ2) is 4.71. The number of fused-ring (bicyclic) bond motifs is 1. The van der Waals surface area contributed by atoms with Gasteiger partial charge in [-0.3, -0.25) is 4.90 Å². The van der Waals surface area contributed by atoms with Crippen molar-refractivity contribution < 1.29 is 4.42 Å². The smallest absolute Gasteiger partial charge is 0.193 e. The highest BCUT2D eigenvalue weighted by atomic mass is 35.5. The number of nitrogens with zero attached hydrogens (tertiary/aromatic N) is 3. The van der Waals surface area contributed by atoms with Gasteiger partial charge in [0.2, 0.25) is 0 Å². The van der Waals surface area contributed by atoms with Gasteiger partial charge in [0.1, 0.15) is 11.6 Å². The minimum absolute atomic E-state index is 0.446. The Bertz CT molecular complexity index is 567. The van der Waals surface area contributed by atoms with Gasteiger partial charge in [-0.2, -0.15) is 0 Å². The molecule has 0 N–H and O–H groups in total. The van der Waals surface area contributed by atoms with Gasteiger partial charge in [0.05, 0.1) is 6.54 Å². The molecule has 0 aliphatic carbocycles. The molecule has 1 aliphatic heterocycles. The normalized spacial score (nSPS) is 15.7. The van der Waals surface area contributed by atoms with Crippen molar-refractivity contribution in [3.63, 3.8) is 0 Å². The molecule has 94 valence electrons. The Balaban J connectivity index is 1.73. The van der Waals surface area contributed by atoms with Crippen LogP contribution in [0.1, 0.15) is 22.8 Å². The lowest BCUT2D eigenvalue weighted by molar-refractivity contribution is 0.223. The zero-order valence-electron chi connectivity index (χ0n) is 10.2. The molecule has 0 bridgehead atoms. The van der Waals surface area contributed by atoms with Gasteiger partial charge in [0.15, 0.2) is 5.22 Å². The predicted octanol–water partition coefficient (Wildman–Crippen LogP) is 2.59. The van der Waals surface area contributed by atoms with Crippen LogP contribution in [0.4, 0.5) is 0 Å². The summed E-state index contributed by atoms with van der Waals surface area (Å²) in [5, 5.41) is 0.446. The van der Waals surface area contributed by atoms with Gasteiger partial charge >= 0.3 is 0 Å². The van der Waals surface area contributed by atoms with Crippen molar-refractivity contribution in [1.82, 2.24) is 14.9 Å².